The fourth-order valence-electron chi connectivity index (χ4n) is 2.12. The van der Waals surface area contributed by atoms with E-state index in [9.17, 15) is 9.59 Å². The van der Waals surface area contributed by atoms with Crippen LogP contribution in [0.3, 0.4) is 0 Å². The zero-order valence-electron chi connectivity index (χ0n) is 14.4. The van der Waals surface area contributed by atoms with Gasteiger partial charge in [0.2, 0.25) is 0 Å². The van der Waals surface area contributed by atoms with Crippen LogP contribution in [0.2, 0.25) is 0 Å². The summed E-state index contributed by atoms with van der Waals surface area (Å²) in [6, 6.07) is 7.90. The van der Waals surface area contributed by atoms with Gasteiger partial charge in [-0.1, -0.05) is 26.0 Å². The van der Waals surface area contributed by atoms with Gasteiger partial charge in [0.15, 0.2) is 6.54 Å². The molecule has 0 aliphatic carbocycles. The third kappa shape index (κ3) is 8.62. The molecule has 3 amide bonds. The number of thioether (sulfide) groups is 1. The van der Waals surface area contributed by atoms with Gasteiger partial charge in [0, 0.05) is 17.0 Å². The van der Waals surface area contributed by atoms with E-state index in [0.717, 1.165) is 17.9 Å². The zero-order valence-corrected chi connectivity index (χ0v) is 15.3. The van der Waals surface area contributed by atoms with Crippen molar-refractivity contribution < 1.29 is 14.5 Å². The summed E-state index contributed by atoms with van der Waals surface area (Å²) in [5.41, 5.74) is 1.18. The van der Waals surface area contributed by atoms with Crippen molar-refractivity contribution in [1.29, 1.82) is 0 Å². The molecule has 1 aromatic rings. The molecule has 0 aliphatic rings. The van der Waals surface area contributed by atoms with E-state index >= 15 is 0 Å². The Labute approximate surface area is 143 Å². The molecule has 0 aromatic heterocycles. The van der Waals surface area contributed by atoms with Crippen LogP contribution in [0.25, 0.3) is 0 Å². The van der Waals surface area contributed by atoms with Crippen molar-refractivity contribution in [3.8, 4) is 0 Å². The van der Waals surface area contributed by atoms with E-state index in [2.05, 4.69) is 48.7 Å². The molecular weight excluding hydrogens is 310 g/mol. The number of amides is 3. The molecule has 0 aliphatic heterocycles. The van der Waals surface area contributed by atoms with E-state index < -0.39 is 6.03 Å². The molecular formula is C17H28N3O2S+. The van der Waals surface area contributed by atoms with E-state index in [1.54, 1.807) is 11.8 Å². The van der Waals surface area contributed by atoms with Gasteiger partial charge in [-0.2, -0.15) is 0 Å². The predicted molar refractivity (Wildman–Crippen MR) is 94.7 cm³/mol. The highest BCUT2D eigenvalue weighted by atomic mass is 32.2. The van der Waals surface area contributed by atoms with Crippen LogP contribution in [0.4, 0.5) is 4.79 Å². The number of likely N-dealkylation sites (N-methyl/N-ethyl adjacent to an activating group) is 1. The van der Waals surface area contributed by atoms with Gasteiger partial charge < -0.3 is 10.2 Å². The number of hydrogen-bond acceptors (Lipinski definition) is 3. The summed E-state index contributed by atoms with van der Waals surface area (Å²) < 4.78 is 0. The van der Waals surface area contributed by atoms with Crippen molar-refractivity contribution in [2.45, 2.75) is 31.7 Å². The highest BCUT2D eigenvalue weighted by Crippen LogP contribution is 2.14. The number of quaternary nitrogens is 1. The average Bonchev–Trinajstić information content (AvgIpc) is 2.47. The summed E-state index contributed by atoms with van der Waals surface area (Å²) in [5.74, 6) is 0.268. The number of rotatable bonds is 8. The summed E-state index contributed by atoms with van der Waals surface area (Å²) in [5, 5.41) is 5.07. The molecule has 0 radical (unpaired) electrons. The molecule has 0 heterocycles. The minimum absolute atomic E-state index is 0.259. The van der Waals surface area contributed by atoms with Gasteiger partial charge in [0.1, 0.15) is 6.54 Å². The fraction of sp³-hybridized carbons (Fsp3) is 0.529. The maximum atomic E-state index is 11.9. The Kier molecular flexibility index (Phi) is 8.73. The monoisotopic (exact) mass is 338 g/mol. The summed E-state index contributed by atoms with van der Waals surface area (Å²) in [7, 11) is 1.94. The van der Waals surface area contributed by atoms with Gasteiger partial charge in [-0.3, -0.25) is 10.1 Å². The molecule has 0 fully saturated rings. The maximum absolute atomic E-state index is 11.9. The van der Waals surface area contributed by atoms with Crippen LogP contribution in [-0.2, 0) is 11.3 Å². The lowest BCUT2D eigenvalue weighted by Crippen LogP contribution is -3.09. The smallest absolute Gasteiger partial charge is 0.321 e. The van der Waals surface area contributed by atoms with Crippen LogP contribution < -0.4 is 15.5 Å². The van der Waals surface area contributed by atoms with E-state index in [1.807, 2.05) is 13.3 Å². The van der Waals surface area contributed by atoms with E-state index in [4.69, 9.17) is 0 Å². The van der Waals surface area contributed by atoms with Crippen molar-refractivity contribution in [3.05, 3.63) is 29.8 Å². The van der Waals surface area contributed by atoms with Gasteiger partial charge >= 0.3 is 6.03 Å². The van der Waals surface area contributed by atoms with Gasteiger partial charge in [0.05, 0.1) is 7.05 Å². The van der Waals surface area contributed by atoms with Crippen molar-refractivity contribution >= 4 is 23.7 Å². The second-order valence-electron chi connectivity index (χ2n) is 6.15. The quantitative estimate of drug-likeness (QED) is 0.626. The number of urea groups is 1. The molecule has 1 unspecified atom stereocenters. The molecule has 128 valence electrons. The highest BCUT2D eigenvalue weighted by molar-refractivity contribution is 7.98. The second-order valence-corrected chi connectivity index (χ2v) is 7.02. The van der Waals surface area contributed by atoms with E-state index in [1.165, 1.54) is 10.5 Å². The lowest BCUT2D eigenvalue weighted by Gasteiger charge is -2.14. The summed E-state index contributed by atoms with van der Waals surface area (Å²) >= 11 is 1.71. The topological polar surface area (TPSA) is 62.6 Å². The number of imide groups is 1. The highest BCUT2D eigenvalue weighted by Gasteiger charge is 2.13. The van der Waals surface area contributed by atoms with Crippen molar-refractivity contribution in [1.82, 2.24) is 10.6 Å². The molecule has 0 saturated carbocycles. The van der Waals surface area contributed by atoms with E-state index in [-0.39, 0.29) is 12.5 Å². The molecule has 5 nitrogen and oxygen atoms in total. The normalized spacial score (nSPS) is 12.0. The fourth-order valence-corrected chi connectivity index (χ4v) is 2.53. The standard InChI is InChI=1S/C17H27N3O2S/c1-13(2)9-10-18-17(22)19-16(21)12-20(3)11-14-5-7-15(23-4)8-6-14/h5-8,13H,9-12H2,1-4H3,(H2,18,19,21,22)/p+1. The number of carbonyl (C=O) groups excluding carboxylic acids is 2. The average molecular weight is 338 g/mol. The number of hydrogen-bond donors (Lipinski definition) is 3. The summed E-state index contributed by atoms with van der Waals surface area (Å²) in [6.45, 7) is 5.78. The minimum atomic E-state index is -0.409. The predicted octanol–water partition coefficient (Wildman–Crippen LogP) is 1.30. The van der Waals surface area contributed by atoms with Gasteiger partial charge in [0.25, 0.3) is 5.91 Å². The molecule has 6 heteroatoms. The van der Waals surface area contributed by atoms with Crippen LogP contribution in [0.15, 0.2) is 29.2 Å². The summed E-state index contributed by atoms with van der Waals surface area (Å²) in [6.07, 6.45) is 2.95. The molecule has 0 saturated heterocycles. The third-order valence-electron chi connectivity index (χ3n) is 3.39. The van der Waals surface area contributed by atoms with Crippen molar-refractivity contribution in [2.24, 2.45) is 5.92 Å². The second kappa shape index (κ2) is 10.3. The Morgan fingerprint density at radius 2 is 1.87 bits per heavy atom. The molecule has 1 atom stereocenters. The lowest BCUT2D eigenvalue weighted by atomic mass is 10.1. The summed E-state index contributed by atoms with van der Waals surface area (Å²) in [4.78, 5) is 25.7. The van der Waals surface area contributed by atoms with Crippen LogP contribution in [0, 0.1) is 5.92 Å². The van der Waals surface area contributed by atoms with Crippen molar-refractivity contribution in [2.75, 3.05) is 26.4 Å². The molecule has 1 rings (SSSR count). The Hall–Kier alpha value is -1.53. The number of carbonyl (C=O) groups is 2. The first-order valence-electron chi connectivity index (χ1n) is 7.92. The number of nitrogens with one attached hydrogen (secondary N) is 3. The Bertz CT molecular complexity index is 503. The van der Waals surface area contributed by atoms with Gasteiger partial charge in [-0.15, -0.1) is 11.8 Å². The molecule has 3 N–H and O–H groups in total. The first kappa shape index (κ1) is 19.5. The van der Waals surface area contributed by atoms with Gasteiger partial charge in [-0.25, -0.2) is 4.79 Å². The Morgan fingerprint density at radius 1 is 1.22 bits per heavy atom. The first-order chi connectivity index (χ1) is 10.9. The minimum Gasteiger partial charge on any atom is -0.338 e. The van der Waals surface area contributed by atoms with Crippen LogP contribution in [-0.4, -0.2) is 38.3 Å². The van der Waals surface area contributed by atoms with E-state index in [0.29, 0.717) is 12.5 Å². The third-order valence-corrected chi connectivity index (χ3v) is 4.13. The van der Waals surface area contributed by atoms with Crippen LogP contribution in [0.1, 0.15) is 25.8 Å². The Morgan fingerprint density at radius 3 is 2.43 bits per heavy atom. The van der Waals surface area contributed by atoms with Gasteiger partial charge in [-0.05, 0) is 30.7 Å². The van der Waals surface area contributed by atoms with Crippen LogP contribution >= 0.6 is 11.8 Å². The van der Waals surface area contributed by atoms with Crippen LogP contribution in [0.5, 0.6) is 0 Å². The SMILES string of the molecule is CSc1ccc(C[NH+](C)CC(=O)NC(=O)NCCC(C)C)cc1. The first-order valence-corrected chi connectivity index (χ1v) is 9.15. The maximum Gasteiger partial charge on any atom is 0.321 e. The zero-order chi connectivity index (χ0) is 17.2. The lowest BCUT2D eigenvalue weighted by molar-refractivity contribution is -0.885. The molecule has 23 heavy (non-hydrogen) atoms. The molecule has 1 aromatic carbocycles. The Balaban J connectivity index is 2.30. The van der Waals surface area contributed by atoms with Crippen molar-refractivity contribution in [3.63, 3.8) is 0 Å². The number of benzene rings is 1. The molecule has 0 bridgehead atoms. The molecule has 0 spiro atoms. The largest absolute Gasteiger partial charge is 0.338 e.